The molecule has 2 aliphatic rings. The summed E-state index contributed by atoms with van der Waals surface area (Å²) >= 11 is 0. The number of ether oxygens (including phenoxy) is 3. The van der Waals surface area contributed by atoms with Gasteiger partial charge in [-0.15, -0.1) is 0 Å². The Kier molecular flexibility index (Phi) is 5.70. The molecular weight excluding hydrogens is 326 g/mol. The summed E-state index contributed by atoms with van der Waals surface area (Å²) in [7, 11) is 0. The maximum Gasteiger partial charge on any atom is 0.410 e. The Labute approximate surface area is 146 Å². The van der Waals surface area contributed by atoms with Crippen molar-refractivity contribution in [3.63, 3.8) is 0 Å². The molecule has 0 aromatic carbocycles. The van der Waals surface area contributed by atoms with E-state index in [-0.39, 0.29) is 24.0 Å². The first-order valence-electron chi connectivity index (χ1n) is 8.57. The number of nitrogens with two attached hydrogens (primary N) is 1. The number of nitrogens with zero attached hydrogens (tertiary/aromatic N) is 2. The number of piperidine rings is 1. The van der Waals surface area contributed by atoms with E-state index in [0.717, 1.165) is 25.7 Å². The van der Waals surface area contributed by atoms with Gasteiger partial charge in [-0.2, -0.15) is 0 Å². The quantitative estimate of drug-likeness (QED) is 0.880. The van der Waals surface area contributed by atoms with Gasteiger partial charge in [-0.05, 0) is 18.9 Å². The highest BCUT2D eigenvalue weighted by atomic mass is 16.6. The third-order valence-electron chi connectivity index (χ3n) is 4.36. The number of primary amides is 1. The minimum absolute atomic E-state index is 0.0686. The molecule has 25 heavy (non-hydrogen) atoms. The maximum atomic E-state index is 12.3. The van der Waals surface area contributed by atoms with Gasteiger partial charge in [0.2, 0.25) is 0 Å². The second-order valence-corrected chi connectivity index (χ2v) is 6.26. The van der Waals surface area contributed by atoms with Crippen LogP contribution in [0.3, 0.4) is 0 Å². The molecule has 0 aliphatic carbocycles. The van der Waals surface area contributed by atoms with Crippen LogP contribution >= 0.6 is 0 Å². The van der Waals surface area contributed by atoms with E-state index in [9.17, 15) is 9.59 Å². The topological polar surface area (TPSA) is 104 Å². The molecule has 1 unspecified atom stereocenters. The minimum atomic E-state index is -0.601. The predicted molar refractivity (Wildman–Crippen MR) is 88.3 cm³/mol. The molecule has 1 aromatic heterocycles. The fourth-order valence-electron chi connectivity index (χ4n) is 3.02. The molecule has 3 rings (SSSR count). The van der Waals surface area contributed by atoms with Gasteiger partial charge in [0, 0.05) is 31.6 Å². The van der Waals surface area contributed by atoms with Crippen molar-refractivity contribution in [1.82, 2.24) is 9.88 Å². The number of aromatic nitrogens is 1. The number of pyridine rings is 1. The van der Waals surface area contributed by atoms with Crippen molar-refractivity contribution in [2.24, 2.45) is 5.73 Å². The van der Waals surface area contributed by atoms with Gasteiger partial charge in [0.05, 0.1) is 19.8 Å². The van der Waals surface area contributed by atoms with Crippen LogP contribution in [-0.2, 0) is 9.47 Å². The molecule has 0 spiro atoms. The summed E-state index contributed by atoms with van der Waals surface area (Å²) in [5.74, 6) is -0.0794. The number of rotatable bonds is 4. The molecule has 2 aliphatic heterocycles. The summed E-state index contributed by atoms with van der Waals surface area (Å²) in [6, 6.07) is 3.19. The van der Waals surface area contributed by atoms with Crippen LogP contribution in [0.4, 0.5) is 4.79 Å². The largest absolute Gasteiger partial charge is 0.488 e. The molecule has 2 amide bonds. The van der Waals surface area contributed by atoms with E-state index >= 15 is 0 Å². The lowest BCUT2D eigenvalue weighted by Gasteiger charge is -2.33. The van der Waals surface area contributed by atoms with Crippen LogP contribution in [0, 0.1) is 0 Å². The van der Waals surface area contributed by atoms with Crippen molar-refractivity contribution in [2.75, 3.05) is 26.3 Å². The van der Waals surface area contributed by atoms with E-state index in [4.69, 9.17) is 19.9 Å². The summed E-state index contributed by atoms with van der Waals surface area (Å²) in [5.41, 5.74) is 5.39. The van der Waals surface area contributed by atoms with E-state index < -0.39 is 5.91 Å². The first kappa shape index (κ1) is 17.5. The Morgan fingerprint density at radius 2 is 2.04 bits per heavy atom. The van der Waals surface area contributed by atoms with E-state index in [1.165, 1.54) is 12.3 Å². The molecule has 0 saturated carbocycles. The molecule has 1 aromatic rings. The van der Waals surface area contributed by atoms with Crippen LogP contribution in [0.15, 0.2) is 18.3 Å². The Bertz CT molecular complexity index is 618. The van der Waals surface area contributed by atoms with Gasteiger partial charge < -0.3 is 24.8 Å². The zero-order chi connectivity index (χ0) is 17.6. The Morgan fingerprint density at radius 3 is 2.80 bits per heavy atom. The fraction of sp³-hybridized carbons (Fsp3) is 0.588. The SMILES string of the molecule is NC(=O)c1cc(OC2CCCN(C(=O)OC3CCOCC3)C2)ccn1. The molecule has 0 bridgehead atoms. The highest BCUT2D eigenvalue weighted by Crippen LogP contribution is 2.20. The Morgan fingerprint density at radius 1 is 1.24 bits per heavy atom. The average Bonchev–Trinajstić information content (AvgIpc) is 2.63. The summed E-state index contributed by atoms with van der Waals surface area (Å²) in [4.78, 5) is 29.1. The van der Waals surface area contributed by atoms with Crippen LogP contribution in [0.1, 0.15) is 36.2 Å². The van der Waals surface area contributed by atoms with Gasteiger partial charge in [0.15, 0.2) is 0 Å². The predicted octanol–water partition coefficient (Wildman–Crippen LogP) is 1.34. The highest BCUT2D eigenvalue weighted by molar-refractivity contribution is 5.91. The van der Waals surface area contributed by atoms with E-state index in [1.807, 2.05) is 0 Å². The van der Waals surface area contributed by atoms with Crippen molar-refractivity contribution in [1.29, 1.82) is 0 Å². The molecule has 2 N–H and O–H groups in total. The second-order valence-electron chi connectivity index (χ2n) is 6.26. The lowest BCUT2D eigenvalue weighted by Crippen LogP contribution is -2.45. The molecule has 136 valence electrons. The third kappa shape index (κ3) is 4.82. The first-order valence-corrected chi connectivity index (χ1v) is 8.57. The van der Waals surface area contributed by atoms with Crippen molar-refractivity contribution in [3.8, 4) is 5.75 Å². The van der Waals surface area contributed by atoms with Gasteiger partial charge >= 0.3 is 6.09 Å². The Hall–Kier alpha value is -2.35. The molecule has 2 saturated heterocycles. The van der Waals surface area contributed by atoms with Gasteiger partial charge in [-0.1, -0.05) is 0 Å². The number of carbonyl (C=O) groups is 2. The van der Waals surface area contributed by atoms with Crippen LogP contribution < -0.4 is 10.5 Å². The molecular formula is C17H23N3O5. The molecule has 0 radical (unpaired) electrons. The van der Waals surface area contributed by atoms with E-state index in [0.29, 0.717) is 32.1 Å². The van der Waals surface area contributed by atoms with Gasteiger partial charge in [0.1, 0.15) is 23.7 Å². The number of carbonyl (C=O) groups excluding carboxylic acids is 2. The Balaban J connectivity index is 1.54. The zero-order valence-electron chi connectivity index (χ0n) is 14.1. The van der Waals surface area contributed by atoms with Gasteiger partial charge in [-0.3, -0.25) is 9.78 Å². The third-order valence-corrected chi connectivity index (χ3v) is 4.36. The molecule has 8 heteroatoms. The minimum Gasteiger partial charge on any atom is -0.488 e. The van der Waals surface area contributed by atoms with Crippen molar-refractivity contribution < 1.29 is 23.8 Å². The first-order chi connectivity index (χ1) is 12.1. The average molecular weight is 349 g/mol. The van der Waals surface area contributed by atoms with Crippen LogP contribution in [0.25, 0.3) is 0 Å². The van der Waals surface area contributed by atoms with Gasteiger partial charge in [0.25, 0.3) is 5.91 Å². The van der Waals surface area contributed by atoms with Crippen LogP contribution in [-0.4, -0.2) is 60.4 Å². The van der Waals surface area contributed by atoms with Crippen LogP contribution in [0.2, 0.25) is 0 Å². The van der Waals surface area contributed by atoms with Crippen molar-refractivity contribution >= 4 is 12.0 Å². The molecule has 1 atom stereocenters. The van der Waals surface area contributed by atoms with E-state index in [2.05, 4.69) is 4.98 Å². The standard InChI is InChI=1S/C17H23N3O5/c18-16(21)15-10-13(3-6-19-15)24-14-2-1-7-20(11-14)17(22)25-12-4-8-23-9-5-12/h3,6,10,12,14H,1-2,4-5,7-9,11H2,(H2,18,21). The van der Waals surface area contributed by atoms with E-state index in [1.54, 1.807) is 11.0 Å². The molecule has 2 fully saturated rings. The lowest BCUT2D eigenvalue weighted by molar-refractivity contribution is -0.0172. The number of likely N-dealkylation sites (tertiary alicyclic amines) is 1. The summed E-state index contributed by atoms with van der Waals surface area (Å²) in [6.07, 6.45) is 4.11. The summed E-state index contributed by atoms with van der Waals surface area (Å²) < 4.78 is 16.7. The number of hydrogen-bond donors (Lipinski definition) is 1. The van der Waals surface area contributed by atoms with Crippen molar-refractivity contribution in [3.05, 3.63) is 24.0 Å². The summed E-state index contributed by atoms with van der Waals surface area (Å²) in [6.45, 7) is 2.38. The summed E-state index contributed by atoms with van der Waals surface area (Å²) in [5, 5.41) is 0. The number of hydrogen-bond acceptors (Lipinski definition) is 6. The van der Waals surface area contributed by atoms with Crippen LogP contribution in [0.5, 0.6) is 5.75 Å². The maximum absolute atomic E-state index is 12.3. The fourth-order valence-corrected chi connectivity index (χ4v) is 3.02. The zero-order valence-corrected chi connectivity index (χ0v) is 14.1. The van der Waals surface area contributed by atoms with Crippen molar-refractivity contribution in [2.45, 2.75) is 37.9 Å². The lowest BCUT2D eigenvalue weighted by atomic mass is 10.1. The monoisotopic (exact) mass is 349 g/mol. The normalized spacial score (nSPS) is 21.6. The number of amides is 2. The van der Waals surface area contributed by atoms with Gasteiger partial charge in [-0.25, -0.2) is 4.79 Å². The molecule has 3 heterocycles. The smallest absolute Gasteiger partial charge is 0.410 e. The second kappa shape index (κ2) is 8.15. The molecule has 8 nitrogen and oxygen atoms in total. The highest BCUT2D eigenvalue weighted by Gasteiger charge is 2.28.